The van der Waals surface area contributed by atoms with Crippen LogP contribution < -0.4 is 10.1 Å². The highest BCUT2D eigenvalue weighted by molar-refractivity contribution is 5.94. The van der Waals surface area contributed by atoms with Crippen LogP contribution in [0.25, 0.3) is 0 Å². The molecular weight excluding hydrogens is 249 g/mol. The molecule has 0 spiro atoms. The van der Waals surface area contributed by atoms with Crippen LogP contribution >= 0.6 is 0 Å². The number of carbonyl (C=O) groups is 1. The highest BCUT2D eigenvalue weighted by atomic mass is 19.1. The summed E-state index contributed by atoms with van der Waals surface area (Å²) in [6.45, 7) is 4.26. The number of methoxy groups -OCH3 is 2. The normalized spacial score (nSPS) is 11.2. The lowest BCUT2D eigenvalue weighted by molar-refractivity contribution is 0.0160. The number of halogens is 1. The zero-order chi connectivity index (χ0) is 14.5. The minimum atomic E-state index is -0.645. The molecule has 0 atom stereocenters. The van der Waals surface area contributed by atoms with Gasteiger partial charge in [0.1, 0.15) is 0 Å². The van der Waals surface area contributed by atoms with Gasteiger partial charge in [-0.25, -0.2) is 4.39 Å². The summed E-state index contributed by atoms with van der Waals surface area (Å²) in [7, 11) is 2.98. The van der Waals surface area contributed by atoms with Gasteiger partial charge in [-0.3, -0.25) is 4.79 Å². The zero-order valence-electron chi connectivity index (χ0n) is 11.7. The van der Waals surface area contributed by atoms with Crippen molar-refractivity contribution in [2.45, 2.75) is 25.9 Å². The Balaban J connectivity index is 2.64. The van der Waals surface area contributed by atoms with E-state index in [-0.39, 0.29) is 16.9 Å². The maximum absolute atomic E-state index is 13.8. The second-order valence-electron chi connectivity index (χ2n) is 4.79. The summed E-state index contributed by atoms with van der Waals surface area (Å²) in [5.74, 6) is -1.04. The molecule has 0 fully saturated rings. The maximum atomic E-state index is 13.8. The molecule has 0 aliphatic carbocycles. The fourth-order valence-electron chi connectivity index (χ4n) is 1.52. The van der Waals surface area contributed by atoms with Crippen LogP contribution in [0.2, 0.25) is 0 Å². The summed E-state index contributed by atoms with van der Waals surface area (Å²) in [6, 6.07) is 4.48. The number of amides is 1. The van der Waals surface area contributed by atoms with Gasteiger partial charge in [0, 0.05) is 13.7 Å². The van der Waals surface area contributed by atoms with Gasteiger partial charge in [0.2, 0.25) is 0 Å². The molecule has 1 rings (SSSR count). The molecule has 0 aromatic heterocycles. The van der Waals surface area contributed by atoms with Gasteiger partial charge in [-0.15, -0.1) is 0 Å². The monoisotopic (exact) mass is 269 g/mol. The summed E-state index contributed by atoms with van der Waals surface area (Å²) in [6.07, 6.45) is 0.640. The van der Waals surface area contributed by atoms with Crippen LogP contribution in [0.5, 0.6) is 5.75 Å². The summed E-state index contributed by atoms with van der Waals surface area (Å²) >= 11 is 0. The van der Waals surface area contributed by atoms with Gasteiger partial charge in [0.05, 0.1) is 18.3 Å². The van der Waals surface area contributed by atoms with Crippen molar-refractivity contribution in [3.8, 4) is 5.75 Å². The lowest BCUT2D eigenvalue weighted by Crippen LogP contribution is -2.32. The highest BCUT2D eigenvalue weighted by Crippen LogP contribution is 2.20. The third-order valence-electron chi connectivity index (χ3n) is 2.99. The molecule has 0 bridgehead atoms. The third kappa shape index (κ3) is 4.21. The Morgan fingerprint density at radius 3 is 2.63 bits per heavy atom. The van der Waals surface area contributed by atoms with Crippen molar-refractivity contribution >= 4 is 5.91 Å². The highest BCUT2D eigenvalue weighted by Gasteiger charge is 2.18. The number of nitrogens with one attached hydrogen (secondary N) is 1. The van der Waals surface area contributed by atoms with Crippen LogP contribution in [0.4, 0.5) is 4.39 Å². The van der Waals surface area contributed by atoms with Crippen molar-refractivity contribution in [2.75, 3.05) is 20.8 Å². The predicted molar refractivity (Wildman–Crippen MR) is 71.0 cm³/mol. The van der Waals surface area contributed by atoms with Crippen LogP contribution in [-0.4, -0.2) is 32.3 Å². The first-order valence-corrected chi connectivity index (χ1v) is 6.07. The SMILES string of the molecule is COc1cccc(C(=O)NCCC(C)(C)OC)c1F. The standard InChI is InChI=1S/C14H20FNO3/c1-14(2,19-4)8-9-16-13(17)10-6-5-7-11(18-3)12(10)15/h5-7H,8-9H2,1-4H3,(H,16,17). The maximum Gasteiger partial charge on any atom is 0.254 e. The average molecular weight is 269 g/mol. The summed E-state index contributed by atoms with van der Waals surface area (Å²) in [4.78, 5) is 11.9. The van der Waals surface area contributed by atoms with E-state index in [4.69, 9.17) is 9.47 Å². The summed E-state index contributed by atoms with van der Waals surface area (Å²) in [5, 5.41) is 2.67. The molecule has 1 N–H and O–H groups in total. The second-order valence-corrected chi connectivity index (χ2v) is 4.79. The molecule has 0 aliphatic rings. The second kappa shape index (κ2) is 6.52. The first-order chi connectivity index (χ1) is 8.91. The van der Waals surface area contributed by atoms with Gasteiger partial charge < -0.3 is 14.8 Å². The topological polar surface area (TPSA) is 47.6 Å². The smallest absolute Gasteiger partial charge is 0.254 e. The Morgan fingerprint density at radius 2 is 2.05 bits per heavy atom. The molecule has 1 aromatic carbocycles. The van der Waals surface area contributed by atoms with Gasteiger partial charge in [-0.05, 0) is 32.4 Å². The van der Waals surface area contributed by atoms with E-state index in [0.717, 1.165) is 0 Å². The molecular formula is C14H20FNO3. The fraction of sp³-hybridized carbons (Fsp3) is 0.500. The van der Waals surface area contributed by atoms with E-state index in [0.29, 0.717) is 13.0 Å². The van der Waals surface area contributed by atoms with Crippen molar-refractivity contribution in [1.29, 1.82) is 0 Å². The molecule has 0 saturated heterocycles. The van der Waals surface area contributed by atoms with Gasteiger partial charge in [-0.1, -0.05) is 6.07 Å². The minimum Gasteiger partial charge on any atom is -0.494 e. The van der Waals surface area contributed by atoms with E-state index in [2.05, 4.69) is 5.32 Å². The summed E-state index contributed by atoms with van der Waals surface area (Å²) < 4.78 is 23.9. The quantitative estimate of drug-likeness (QED) is 0.862. The summed E-state index contributed by atoms with van der Waals surface area (Å²) in [5.41, 5.74) is -0.338. The molecule has 0 radical (unpaired) electrons. The molecule has 1 amide bonds. The minimum absolute atomic E-state index is 0.0189. The Bertz CT molecular complexity index is 446. The van der Waals surface area contributed by atoms with Crippen LogP contribution in [0.3, 0.4) is 0 Å². The van der Waals surface area contributed by atoms with Gasteiger partial charge >= 0.3 is 0 Å². The zero-order valence-corrected chi connectivity index (χ0v) is 11.7. The van der Waals surface area contributed by atoms with Crippen LogP contribution in [-0.2, 0) is 4.74 Å². The molecule has 0 aliphatic heterocycles. The van der Waals surface area contributed by atoms with Gasteiger partial charge in [-0.2, -0.15) is 0 Å². The van der Waals surface area contributed by atoms with Crippen molar-refractivity contribution in [1.82, 2.24) is 5.32 Å². The molecule has 106 valence electrons. The lowest BCUT2D eigenvalue weighted by atomic mass is 10.1. The molecule has 0 saturated carbocycles. The first kappa shape index (κ1) is 15.4. The van der Waals surface area contributed by atoms with Crippen molar-refractivity contribution < 1.29 is 18.7 Å². The molecule has 0 unspecified atom stereocenters. The van der Waals surface area contributed by atoms with Gasteiger partial charge in [0.15, 0.2) is 11.6 Å². The van der Waals surface area contributed by atoms with E-state index in [9.17, 15) is 9.18 Å². The number of carbonyl (C=O) groups excluding carboxylic acids is 1. The van der Waals surface area contributed by atoms with E-state index in [1.807, 2.05) is 13.8 Å². The number of hydrogen-bond acceptors (Lipinski definition) is 3. The number of benzene rings is 1. The molecule has 4 nitrogen and oxygen atoms in total. The average Bonchev–Trinajstić information content (AvgIpc) is 2.38. The predicted octanol–water partition coefficient (Wildman–Crippen LogP) is 2.38. The number of ether oxygens (including phenoxy) is 2. The molecule has 5 heteroatoms. The molecule has 19 heavy (non-hydrogen) atoms. The first-order valence-electron chi connectivity index (χ1n) is 6.07. The lowest BCUT2D eigenvalue weighted by Gasteiger charge is -2.22. The van der Waals surface area contributed by atoms with E-state index in [1.54, 1.807) is 13.2 Å². The largest absolute Gasteiger partial charge is 0.494 e. The Hall–Kier alpha value is -1.62. The Kier molecular flexibility index (Phi) is 5.30. The molecule has 0 heterocycles. The molecule has 1 aromatic rings. The Labute approximate surface area is 112 Å². The third-order valence-corrected chi connectivity index (χ3v) is 2.99. The van der Waals surface area contributed by atoms with E-state index in [1.165, 1.54) is 19.2 Å². The number of hydrogen-bond donors (Lipinski definition) is 1. The number of rotatable bonds is 6. The fourth-order valence-corrected chi connectivity index (χ4v) is 1.52. The van der Waals surface area contributed by atoms with Crippen molar-refractivity contribution in [2.24, 2.45) is 0 Å². The van der Waals surface area contributed by atoms with Crippen LogP contribution in [0, 0.1) is 5.82 Å². The van der Waals surface area contributed by atoms with E-state index >= 15 is 0 Å². The van der Waals surface area contributed by atoms with Crippen LogP contribution in [0.15, 0.2) is 18.2 Å². The van der Waals surface area contributed by atoms with Crippen molar-refractivity contribution in [3.63, 3.8) is 0 Å². The van der Waals surface area contributed by atoms with Crippen LogP contribution in [0.1, 0.15) is 30.6 Å². The van der Waals surface area contributed by atoms with Gasteiger partial charge in [0.25, 0.3) is 5.91 Å². The van der Waals surface area contributed by atoms with Crippen molar-refractivity contribution in [3.05, 3.63) is 29.6 Å². The Morgan fingerprint density at radius 1 is 1.37 bits per heavy atom. The van der Waals surface area contributed by atoms with E-state index < -0.39 is 11.7 Å².